The number of fused-ring (bicyclic) bond motifs is 1. The third-order valence-electron chi connectivity index (χ3n) is 4.59. The molecule has 0 amide bonds. The lowest BCUT2D eigenvalue weighted by atomic mass is 9.48. The van der Waals surface area contributed by atoms with Crippen molar-refractivity contribution >= 4 is 0 Å². The van der Waals surface area contributed by atoms with Crippen LogP contribution in [0, 0.1) is 29.1 Å². The van der Waals surface area contributed by atoms with Gasteiger partial charge in [0.1, 0.15) is 0 Å². The van der Waals surface area contributed by atoms with Gasteiger partial charge in [0.25, 0.3) is 0 Å². The Balaban J connectivity index is 1.95. The minimum absolute atomic E-state index is 0.501. The van der Waals surface area contributed by atoms with Crippen molar-refractivity contribution in [1.29, 1.82) is 0 Å². The molecule has 0 aromatic heterocycles. The van der Waals surface area contributed by atoms with Crippen LogP contribution in [0.25, 0.3) is 0 Å². The van der Waals surface area contributed by atoms with E-state index in [0.717, 1.165) is 18.4 Å². The molecule has 1 unspecified atom stereocenters. The summed E-state index contributed by atoms with van der Waals surface area (Å²) in [5.74, 6) is 7.99. The van der Waals surface area contributed by atoms with Crippen molar-refractivity contribution in [2.45, 2.75) is 52.5 Å². The van der Waals surface area contributed by atoms with Gasteiger partial charge >= 0.3 is 0 Å². The third-order valence-corrected chi connectivity index (χ3v) is 4.59. The van der Waals surface area contributed by atoms with Crippen LogP contribution in [0.5, 0.6) is 0 Å². The van der Waals surface area contributed by atoms with Crippen LogP contribution in [-0.4, -0.2) is 12.6 Å². The molecule has 0 saturated heterocycles. The molecule has 0 radical (unpaired) electrons. The molecular formula is C14H23N. The molecule has 0 bridgehead atoms. The van der Waals surface area contributed by atoms with Crippen LogP contribution in [0.3, 0.4) is 0 Å². The summed E-state index contributed by atoms with van der Waals surface area (Å²) in [5, 5.41) is 3.64. The highest BCUT2D eigenvalue weighted by molar-refractivity contribution is 5.10. The zero-order valence-corrected chi connectivity index (χ0v) is 10.3. The van der Waals surface area contributed by atoms with Crippen molar-refractivity contribution in [3.8, 4) is 11.8 Å². The summed E-state index contributed by atoms with van der Waals surface area (Å²) in [4.78, 5) is 0. The van der Waals surface area contributed by atoms with Gasteiger partial charge in [-0.25, -0.2) is 0 Å². The Morgan fingerprint density at radius 1 is 1.27 bits per heavy atom. The van der Waals surface area contributed by atoms with E-state index in [1.807, 2.05) is 6.92 Å². The van der Waals surface area contributed by atoms with Gasteiger partial charge in [0, 0.05) is 6.04 Å². The van der Waals surface area contributed by atoms with Crippen LogP contribution < -0.4 is 5.32 Å². The van der Waals surface area contributed by atoms with Gasteiger partial charge in [-0.1, -0.05) is 32.6 Å². The van der Waals surface area contributed by atoms with E-state index in [9.17, 15) is 0 Å². The molecule has 1 heteroatoms. The Morgan fingerprint density at radius 2 is 2.00 bits per heavy atom. The Labute approximate surface area is 94.0 Å². The summed E-state index contributed by atoms with van der Waals surface area (Å²) in [6.07, 6.45) is 5.78. The van der Waals surface area contributed by atoms with Gasteiger partial charge in [-0.3, -0.25) is 0 Å². The van der Waals surface area contributed by atoms with Gasteiger partial charge in [0.05, 0.1) is 6.54 Å². The molecule has 0 aliphatic heterocycles. The quantitative estimate of drug-likeness (QED) is 0.684. The van der Waals surface area contributed by atoms with E-state index >= 15 is 0 Å². The van der Waals surface area contributed by atoms with Crippen LogP contribution in [0.2, 0.25) is 0 Å². The molecule has 2 fully saturated rings. The average Bonchev–Trinajstić information content (AvgIpc) is 2.24. The van der Waals surface area contributed by atoms with E-state index in [4.69, 9.17) is 0 Å². The molecule has 1 N–H and O–H groups in total. The Kier molecular flexibility index (Phi) is 3.07. The fraction of sp³-hybridized carbons (Fsp3) is 0.857. The van der Waals surface area contributed by atoms with E-state index < -0.39 is 0 Å². The molecule has 0 heterocycles. The van der Waals surface area contributed by atoms with Crippen LogP contribution >= 0.6 is 0 Å². The highest BCUT2D eigenvalue weighted by atomic mass is 15.0. The molecular weight excluding hydrogens is 182 g/mol. The predicted molar refractivity (Wildman–Crippen MR) is 64.5 cm³/mol. The molecule has 2 aliphatic carbocycles. The van der Waals surface area contributed by atoms with Crippen LogP contribution in [0.15, 0.2) is 0 Å². The van der Waals surface area contributed by atoms with Crippen molar-refractivity contribution in [1.82, 2.24) is 5.32 Å². The van der Waals surface area contributed by atoms with Gasteiger partial charge in [-0.15, -0.1) is 5.92 Å². The van der Waals surface area contributed by atoms with Gasteiger partial charge in [0.2, 0.25) is 0 Å². The molecule has 2 aliphatic rings. The first-order valence-corrected chi connectivity index (χ1v) is 6.31. The lowest BCUT2D eigenvalue weighted by molar-refractivity contribution is -0.0857. The molecule has 0 aromatic carbocycles. The maximum absolute atomic E-state index is 3.64. The minimum Gasteiger partial charge on any atom is -0.303 e. The van der Waals surface area contributed by atoms with Crippen molar-refractivity contribution in [3.05, 3.63) is 0 Å². The topological polar surface area (TPSA) is 12.0 Å². The summed E-state index contributed by atoms with van der Waals surface area (Å²) in [6.45, 7) is 7.64. The minimum atomic E-state index is 0.501. The molecule has 1 nitrogen and oxygen atoms in total. The maximum Gasteiger partial charge on any atom is 0.0578 e. The van der Waals surface area contributed by atoms with E-state index in [0.29, 0.717) is 11.5 Å². The average molecular weight is 205 g/mol. The lowest BCUT2D eigenvalue weighted by Gasteiger charge is -2.61. The van der Waals surface area contributed by atoms with E-state index in [2.05, 4.69) is 31.0 Å². The van der Waals surface area contributed by atoms with E-state index in [1.54, 1.807) is 0 Å². The number of rotatable bonds is 2. The summed E-state index contributed by atoms with van der Waals surface area (Å²) in [7, 11) is 0. The first kappa shape index (κ1) is 11.0. The van der Waals surface area contributed by atoms with Crippen molar-refractivity contribution < 1.29 is 0 Å². The highest BCUT2D eigenvalue weighted by Crippen LogP contribution is 2.56. The van der Waals surface area contributed by atoms with Gasteiger partial charge < -0.3 is 5.32 Å². The van der Waals surface area contributed by atoms with Crippen molar-refractivity contribution in [3.63, 3.8) is 0 Å². The fourth-order valence-electron chi connectivity index (χ4n) is 3.81. The summed E-state index contributed by atoms with van der Waals surface area (Å²) in [5.41, 5.74) is 0.501. The largest absolute Gasteiger partial charge is 0.303 e. The maximum atomic E-state index is 3.64. The zero-order valence-electron chi connectivity index (χ0n) is 10.3. The van der Waals surface area contributed by atoms with Gasteiger partial charge in [0.15, 0.2) is 0 Å². The lowest BCUT2D eigenvalue weighted by Crippen LogP contribution is -2.64. The smallest absolute Gasteiger partial charge is 0.0578 e. The van der Waals surface area contributed by atoms with Gasteiger partial charge in [-0.05, 0) is 37.0 Å². The fourth-order valence-corrected chi connectivity index (χ4v) is 3.81. The van der Waals surface area contributed by atoms with Crippen molar-refractivity contribution in [2.75, 3.05) is 6.54 Å². The highest BCUT2D eigenvalue weighted by Gasteiger charge is 2.55. The van der Waals surface area contributed by atoms with Gasteiger partial charge in [-0.2, -0.15) is 0 Å². The normalized spacial score (nSPS) is 37.1. The molecule has 0 spiro atoms. The van der Waals surface area contributed by atoms with Crippen LogP contribution in [-0.2, 0) is 0 Å². The summed E-state index contributed by atoms with van der Waals surface area (Å²) >= 11 is 0. The monoisotopic (exact) mass is 205 g/mol. The summed E-state index contributed by atoms with van der Waals surface area (Å²) < 4.78 is 0. The molecule has 3 atom stereocenters. The second-order valence-corrected chi connectivity index (χ2v) is 5.66. The summed E-state index contributed by atoms with van der Waals surface area (Å²) in [6, 6.07) is 0.712. The number of hydrogen-bond donors (Lipinski definition) is 1. The van der Waals surface area contributed by atoms with Crippen LogP contribution in [0.1, 0.15) is 46.5 Å². The molecule has 2 saturated carbocycles. The molecule has 2 rings (SSSR count). The Bertz CT molecular complexity index is 281. The second-order valence-electron chi connectivity index (χ2n) is 5.66. The van der Waals surface area contributed by atoms with E-state index in [1.165, 1.54) is 25.7 Å². The standard InChI is InChI=1S/C14H23N/c1-4-5-10-15-13-11-8-6-7-9-12(11)14(13,2)3/h11-13,15H,6-10H2,1-3H3/t11-,12+,13?/m1/s1. The first-order valence-electron chi connectivity index (χ1n) is 6.31. The van der Waals surface area contributed by atoms with E-state index in [-0.39, 0.29) is 0 Å². The number of nitrogens with one attached hydrogen (secondary N) is 1. The number of hydrogen-bond acceptors (Lipinski definition) is 1. The third kappa shape index (κ3) is 1.81. The Hall–Kier alpha value is -0.480. The Morgan fingerprint density at radius 3 is 2.73 bits per heavy atom. The first-order chi connectivity index (χ1) is 7.18. The second kappa shape index (κ2) is 4.18. The van der Waals surface area contributed by atoms with Crippen molar-refractivity contribution in [2.24, 2.45) is 17.3 Å². The zero-order chi connectivity index (χ0) is 10.9. The molecule has 15 heavy (non-hydrogen) atoms. The predicted octanol–water partition coefficient (Wildman–Crippen LogP) is 2.81. The molecule has 84 valence electrons. The SMILES string of the molecule is CC#CCNC1[C@@H]2CCCC[C@@H]2C1(C)C. The molecule has 0 aromatic rings. The van der Waals surface area contributed by atoms with Crippen LogP contribution in [0.4, 0.5) is 0 Å².